The molecule has 1 N–H and O–H groups in total. The van der Waals surface area contributed by atoms with Crippen molar-refractivity contribution in [2.24, 2.45) is 79.3 Å². The highest BCUT2D eigenvalue weighted by Gasteiger charge is 2.73. The maximum Gasteiger partial charge on any atom is 0.311 e. The topological polar surface area (TPSA) is 92.6 Å². The van der Waals surface area contributed by atoms with Gasteiger partial charge in [-0.25, -0.2) is 9.97 Å². The van der Waals surface area contributed by atoms with Crippen molar-refractivity contribution in [1.29, 1.82) is 0 Å². The lowest BCUT2D eigenvalue weighted by Gasteiger charge is -2.72. The number of nitrogens with zero attached hydrogens (tertiary/aromatic N) is 3. The molecule has 0 spiro atoms. The minimum atomic E-state index is -0.0680. The molecule has 1 aromatic rings. The van der Waals surface area contributed by atoms with Gasteiger partial charge < -0.3 is 14.7 Å². The molecule has 12 saturated carbocycles. The summed E-state index contributed by atoms with van der Waals surface area (Å²) in [6.07, 6.45) is 20.1. The average molecular weight is 838 g/mol. The molecule has 1 aromatic heterocycles. The van der Waals surface area contributed by atoms with E-state index < -0.39 is 0 Å². The van der Waals surface area contributed by atoms with Gasteiger partial charge in [0.1, 0.15) is 5.82 Å². The Bertz CT molecular complexity index is 1520. The van der Waals surface area contributed by atoms with E-state index in [4.69, 9.17) is 9.84 Å². The molecular formula is C52H88FN3O4. The molecular weight excluding hydrogens is 750 g/mol. The number of carbonyl (C=O) groups excluding carboxylic acids is 2. The average Bonchev–Trinajstić information content (AvgIpc) is 3.35. The fraction of sp³-hybridized carbons (Fsp3) is 0.885. The van der Waals surface area contributed by atoms with Gasteiger partial charge in [-0.05, 0) is 159 Å². The van der Waals surface area contributed by atoms with E-state index in [-0.39, 0.29) is 23.5 Å². The highest BCUT2D eigenvalue weighted by atomic mass is 19.1. The summed E-state index contributed by atoms with van der Waals surface area (Å²) in [5, 5.41) is 8.98. The lowest BCUT2D eigenvalue weighted by Crippen LogP contribution is -2.67. The second-order valence-corrected chi connectivity index (χ2v) is 24.4. The zero-order chi connectivity index (χ0) is 44.9. The predicted octanol–water partition coefficient (Wildman–Crippen LogP) is 12.0. The van der Waals surface area contributed by atoms with Crippen LogP contribution in [0, 0.1) is 86.3 Å². The lowest BCUT2D eigenvalue weighted by atomic mass is 9.32. The van der Waals surface area contributed by atoms with Gasteiger partial charge in [-0.1, -0.05) is 83.1 Å². The van der Waals surface area contributed by atoms with Crippen molar-refractivity contribution in [3.8, 4) is 0 Å². The van der Waals surface area contributed by atoms with E-state index in [9.17, 15) is 14.0 Å². The fourth-order valence-electron chi connectivity index (χ4n) is 13.0. The SMILES string of the molecule is CC(C)C12CC(C1)C2.CC(C)C12CC(CF)(C1)C2.CC(C)C12CC(CO)(C1)C2.CC(C)C1CCN(C)C1=O.COC(=O)C12CC(C(C)C)(C1)C2.Cc1cnc(C(C)C)nc1. The second kappa shape index (κ2) is 17.8. The Labute approximate surface area is 366 Å². The largest absolute Gasteiger partial charge is 0.469 e. The van der Waals surface area contributed by atoms with Gasteiger partial charge in [-0.3, -0.25) is 14.0 Å². The molecule has 12 aliphatic carbocycles. The van der Waals surface area contributed by atoms with Crippen LogP contribution >= 0.6 is 0 Å². The van der Waals surface area contributed by atoms with Gasteiger partial charge >= 0.3 is 5.97 Å². The molecule has 1 atom stereocenters. The number of amides is 1. The zero-order valence-electron chi connectivity index (χ0n) is 41.0. The number of halogens is 1. The van der Waals surface area contributed by atoms with E-state index in [0.717, 1.165) is 78.6 Å². The molecule has 1 unspecified atom stereocenters. The van der Waals surface area contributed by atoms with Crippen LogP contribution in [0.25, 0.3) is 0 Å². The number of alkyl halides is 1. The third-order valence-corrected chi connectivity index (χ3v) is 18.2. The first kappa shape index (κ1) is 48.9. The summed E-state index contributed by atoms with van der Waals surface area (Å²) in [6, 6.07) is 0. The van der Waals surface area contributed by atoms with Gasteiger partial charge in [0.2, 0.25) is 5.91 Å². The minimum absolute atomic E-state index is 0.0185. The summed E-state index contributed by atoms with van der Waals surface area (Å²) in [4.78, 5) is 32.7. The highest BCUT2D eigenvalue weighted by Crippen LogP contribution is 2.77. The molecule has 13 aliphatic rings. The molecule has 7 nitrogen and oxygen atoms in total. The van der Waals surface area contributed by atoms with Crippen molar-refractivity contribution < 1.29 is 23.8 Å². The zero-order valence-corrected chi connectivity index (χ0v) is 41.0. The molecule has 60 heavy (non-hydrogen) atoms. The maximum absolute atomic E-state index is 12.3. The van der Waals surface area contributed by atoms with Gasteiger partial charge in [0.05, 0.1) is 19.2 Å². The first-order chi connectivity index (χ1) is 27.8. The molecule has 342 valence electrons. The number of rotatable bonds is 9. The number of aryl methyl sites for hydroxylation is 1. The summed E-state index contributed by atoms with van der Waals surface area (Å²) in [6.45, 7) is 30.1. The fourth-order valence-corrected chi connectivity index (χ4v) is 13.0. The monoisotopic (exact) mass is 838 g/mol. The molecule has 1 amide bonds. The number of ether oxygens (including phenoxy) is 1. The molecule has 0 aromatic carbocycles. The predicted molar refractivity (Wildman–Crippen MR) is 242 cm³/mol. The van der Waals surface area contributed by atoms with Crippen LogP contribution in [0.1, 0.15) is 184 Å². The van der Waals surface area contributed by atoms with Crippen molar-refractivity contribution in [3.05, 3.63) is 23.8 Å². The summed E-state index contributed by atoms with van der Waals surface area (Å²) in [7, 11) is 3.37. The standard InChI is InChI=1S/C10H16O2.C9H15F.C9H16O.C8H12N2.C8H15NO.C8H14/c1-7(2)9-4-10(5-9,6-9)8(11)12-3;2*1-7(2)9-3-8(4-9,5-9)6-10;1-6(2)8-9-4-7(3)5-10-8;1-6(2)7-4-5-9(3)8(7)10;1-6(2)8-3-7(4-8)5-8/h7H,4-6H2,1-3H3;7H,3-6H2,1-2H3;7,10H,3-6H2,1-2H3;4-6H,1-3H3;6-7H,4-5H2,1-3H3;6-7H,3-5H2,1-2H3. The lowest BCUT2D eigenvalue weighted by molar-refractivity contribution is -0.245. The molecule has 8 bridgehead atoms. The van der Waals surface area contributed by atoms with E-state index >= 15 is 0 Å². The number of aliphatic hydroxyl groups is 1. The Morgan fingerprint density at radius 3 is 1.42 bits per heavy atom. The van der Waals surface area contributed by atoms with E-state index in [1.807, 2.05) is 31.3 Å². The van der Waals surface area contributed by atoms with E-state index in [1.165, 1.54) is 45.6 Å². The van der Waals surface area contributed by atoms with Crippen LogP contribution < -0.4 is 0 Å². The maximum atomic E-state index is 12.3. The van der Waals surface area contributed by atoms with Crippen LogP contribution in [0.4, 0.5) is 4.39 Å². The van der Waals surface area contributed by atoms with Gasteiger partial charge in [0.25, 0.3) is 0 Å². The van der Waals surface area contributed by atoms with Crippen LogP contribution in [-0.4, -0.2) is 65.8 Å². The minimum Gasteiger partial charge on any atom is -0.469 e. The number of likely N-dealkylation sites (tertiary alicyclic amines) is 1. The van der Waals surface area contributed by atoms with Crippen LogP contribution in [0.5, 0.6) is 0 Å². The Kier molecular flexibility index (Phi) is 14.5. The van der Waals surface area contributed by atoms with Gasteiger partial charge in [0.15, 0.2) is 0 Å². The van der Waals surface area contributed by atoms with Crippen LogP contribution in [-0.2, 0) is 14.3 Å². The normalized spacial score (nSPS) is 38.4. The third-order valence-electron chi connectivity index (χ3n) is 18.2. The highest BCUT2D eigenvalue weighted by molar-refractivity contribution is 5.81. The Hall–Kier alpha value is -2.09. The quantitative estimate of drug-likeness (QED) is 0.249. The van der Waals surface area contributed by atoms with Crippen LogP contribution in [0.3, 0.4) is 0 Å². The van der Waals surface area contributed by atoms with E-state index in [0.29, 0.717) is 51.9 Å². The summed E-state index contributed by atoms with van der Waals surface area (Å²) in [5.74, 6) is 6.98. The molecule has 1 saturated heterocycles. The van der Waals surface area contributed by atoms with Crippen LogP contribution in [0.2, 0.25) is 0 Å². The van der Waals surface area contributed by atoms with Gasteiger partial charge in [0, 0.05) is 49.8 Å². The van der Waals surface area contributed by atoms with Crippen molar-refractivity contribution >= 4 is 11.9 Å². The number of methoxy groups -OCH3 is 1. The van der Waals surface area contributed by atoms with E-state index in [1.54, 1.807) is 19.3 Å². The number of carbonyl (C=O) groups is 2. The Balaban J connectivity index is 0.000000137. The van der Waals surface area contributed by atoms with E-state index in [2.05, 4.69) is 93.1 Å². The molecule has 2 heterocycles. The first-order valence-corrected chi connectivity index (χ1v) is 24.1. The van der Waals surface area contributed by atoms with Gasteiger partial charge in [-0.15, -0.1) is 0 Å². The summed E-state index contributed by atoms with van der Waals surface area (Å²) >= 11 is 0. The summed E-state index contributed by atoms with van der Waals surface area (Å²) in [5.41, 5.74) is 4.30. The van der Waals surface area contributed by atoms with Crippen molar-refractivity contribution in [1.82, 2.24) is 14.9 Å². The molecule has 0 radical (unpaired) electrons. The molecule has 8 heteroatoms. The number of esters is 1. The Morgan fingerprint density at radius 1 is 0.750 bits per heavy atom. The van der Waals surface area contributed by atoms with Gasteiger partial charge in [-0.2, -0.15) is 0 Å². The third kappa shape index (κ3) is 9.13. The first-order valence-electron chi connectivity index (χ1n) is 24.1. The second-order valence-electron chi connectivity index (χ2n) is 24.4. The van der Waals surface area contributed by atoms with Crippen LogP contribution in [0.15, 0.2) is 12.4 Å². The van der Waals surface area contributed by atoms with Crippen molar-refractivity contribution in [3.63, 3.8) is 0 Å². The summed E-state index contributed by atoms with van der Waals surface area (Å²) < 4.78 is 17.1. The number of aromatic nitrogens is 2. The van der Waals surface area contributed by atoms with Crippen molar-refractivity contribution in [2.75, 3.05) is 34.0 Å². The van der Waals surface area contributed by atoms with Crippen molar-refractivity contribution in [2.45, 2.75) is 179 Å². The molecule has 1 aliphatic heterocycles. The Morgan fingerprint density at radius 2 is 1.17 bits per heavy atom. The number of hydrogen-bond donors (Lipinski definition) is 1. The number of hydrogen-bond acceptors (Lipinski definition) is 6. The smallest absolute Gasteiger partial charge is 0.311 e. The molecule has 13 fully saturated rings. The molecule has 14 rings (SSSR count). The number of aliphatic hydroxyl groups excluding tert-OH is 1.